The SMILES string of the molecule is CCOC(=O)C(=O)[N+]1(CC2CCCCC2)CSC[C@@H]1C(=S)N(NC(=O)CC)C1CCN(Cc2ccccc2)CC1. The lowest BCUT2D eigenvalue weighted by molar-refractivity contribution is -0.850. The van der Waals surface area contributed by atoms with Crippen LogP contribution in [-0.2, 0) is 25.7 Å². The number of nitrogens with zero attached hydrogens (tertiary/aromatic N) is 3. The Bertz CT molecular complexity index is 1030. The molecule has 0 spiro atoms. The highest BCUT2D eigenvalue weighted by Crippen LogP contribution is 2.37. The molecule has 0 radical (unpaired) electrons. The summed E-state index contributed by atoms with van der Waals surface area (Å²) in [5.74, 6) is 0.153. The highest BCUT2D eigenvalue weighted by atomic mass is 32.2. The molecule has 3 fully saturated rings. The molecule has 2 atom stereocenters. The van der Waals surface area contributed by atoms with Crippen LogP contribution in [0.5, 0.6) is 0 Å². The first kappa shape index (κ1) is 30.9. The highest BCUT2D eigenvalue weighted by molar-refractivity contribution is 7.99. The van der Waals surface area contributed by atoms with Crippen LogP contribution in [0.2, 0.25) is 0 Å². The van der Waals surface area contributed by atoms with Crippen LogP contribution in [0.3, 0.4) is 0 Å². The van der Waals surface area contributed by atoms with Crippen molar-refractivity contribution in [3.63, 3.8) is 0 Å². The number of piperidine rings is 1. The van der Waals surface area contributed by atoms with E-state index in [4.69, 9.17) is 17.0 Å². The molecule has 1 N–H and O–H groups in total. The van der Waals surface area contributed by atoms with Crippen LogP contribution < -0.4 is 5.43 Å². The second-order valence-corrected chi connectivity index (χ2v) is 12.8. The molecule has 0 bridgehead atoms. The van der Waals surface area contributed by atoms with Crippen LogP contribution >= 0.6 is 24.0 Å². The Morgan fingerprint density at radius 1 is 1.07 bits per heavy atom. The molecule has 2 amide bonds. The average molecular weight is 590 g/mol. The van der Waals surface area contributed by atoms with Gasteiger partial charge < -0.3 is 4.74 Å². The van der Waals surface area contributed by atoms with Crippen molar-refractivity contribution >= 4 is 46.8 Å². The molecular formula is C30H45N4O4S2+. The molecule has 1 aliphatic carbocycles. The summed E-state index contributed by atoms with van der Waals surface area (Å²) in [6.07, 6.45) is 7.71. The van der Waals surface area contributed by atoms with Crippen molar-refractivity contribution in [1.29, 1.82) is 0 Å². The number of hydrogen-bond donors (Lipinski definition) is 1. The van der Waals surface area contributed by atoms with E-state index in [2.05, 4.69) is 34.6 Å². The van der Waals surface area contributed by atoms with E-state index in [0.717, 1.165) is 58.2 Å². The summed E-state index contributed by atoms with van der Waals surface area (Å²) in [6, 6.07) is 10.1. The molecule has 1 unspecified atom stereocenters. The lowest BCUT2D eigenvalue weighted by atomic mass is 9.88. The number of thiocarbonyl (C=S) groups is 1. The number of rotatable bonds is 8. The predicted octanol–water partition coefficient (Wildman–Crippen LogP) is 4.28. The van der Waals surface area contributed by atoms with E-state index in [1.165, 1.54) is 12.0 Å². The molecule has 40 heavy (non-hydrogen) atoms. The number of ether oxygens (including phenoxy) is 1. The minimum atomic E-state index is -0.771. The summed E-state index contributed by atoms with van der Waals surface area (Å²) < 4.78 is 5.23. The highest BCUT2D eigenvalue weighted by Gasteiger charge is 2.56. The maximum Gasteiger partial charge on any atom is 0.437 e. The fourth-order valence-corrected chi connectivity index (χ4v) is 8.47. The summed E-state index contributed by atoms with van der Waals surface area (Å²) >= 11 is 7.84. The van der Waals surface area contributed by atoms with E-state index in [0.29, 0.717) is 35.5 Å². The second-order valence-electron chi connectivity index (χ2n) is 11.4. The summed E-state index contributed by atoms with van der Waals surface area (Å²) in [4.78, 5) is 42.5. The number of hydrazine groups is 1. The van der Waals surface area contributed by atoms with Gasteiger partial charge in [-0.1, -0.05) is 80.5 Å². The number of carbonyl (C=O) groups excluding carboxylic acids is 3. The molecule has 10 heteroatoms. The Balaban J connectivity index is 1.55. The van der Waals surface area contributed by atoms with Crippen LogP contribution in [0, 0.1) is 5.92 Å². The standard InChI is InChI=1S/C30H44N4O4S2/c1-3-27(35)31-33(25-15-17-32(18-16-25)19-23-11-7-5-8-12-23)28(39)26-21-40-22-34(26,29(36)30(37)38-4-2)20-24-13-9-6-10-14-24/h5,7-8,11-12,24-26H,3-4,6,9-10,13-22H2,1-2H3/p+1/t26-,34?/m1/s1. The summed E-state index contributed by atoms with van der Waals surface area (Å²) in [5.41, 5.74) is 4.39. The van der Waals surface area contributed by atoms with E-state index in [-0.39, 0.29) is 29.1 Å². The fraction of sp³-hybridized carbons (Fsp3) is 0.667. The van der Waals surface area contributed by atoms with Gasteiger partial charge in [-0.3, -0.25) is 20.1 Å². The number of esters is 1. The molecule has 220 valence electrons. The smallest absolute Gasteiger partial charge is 0.437 e. The van der Waals surface area contributed by atoms with Gasteiger partial charge in [0.2, 0.25) is 5.91 Å². The van der Waals surface area contributed by atoms with E-state index in [1.54, 1.807) is 18.7 Å². The molecule has 4 rings (SSSR count). The number of thioether (sulfide) groups is 1. The Morgan fingerprint density at radius 3 is 2.42 bits per heavy atom. The van der Waals surface area contributed by atoms with Crippen LogP contribution in [0.1, 0.15) is 70.8 Å². The number of hydrogen-bond acceptors (Lipinski definition) is 7. The molecule has 1 saturated carbocycles. The first-order chi connectivity index (χ1) is 19.4. The van der Waals surface area contributed by atoms with E-state index in [9.17, 15) is 14.4 Å². The zero-order valence-corrected chi connectivity index (χ0v) is 25.6. The van der Waals surface area contributed by atoms with Crippen LogP contribution in [-0.4, -0.2) is 87.1 Å². The normalized spacial score (nSPS) is 24.4. The maximum absolute atomic E-state index is 13.9. The number of nitrogens with one attached hydrogen (secondary N) is 1. The minimum absolute atomic E-state index is 0.00164. The molecule has 2 heterocycles. The van der Waals surface area contributed by atoms with Gasteiger partial charge in [0.05, 0.1) is 24.9 Å². The van der Waals surface area contributed by atoms with Crippen molar-refractivity contribution < 1.29 is 23.6 Å². The lowest BCUT2D eigenvalue weighted by Crippen LogP contribution is -2.67. The van der Waals surface area contributed by atoms with Gasteiger partial charge in [-0.25, -0.2) is 14.1 Å². The van der Waals surface area contributed by atoms with Crippen molar-refractivity contribution in [3.05, 3.63) is 35.9 Å². The Labute approximate surface area is 248 Å². The van der Waals surface area contributed by atoms with E-state index < -0.39 is 11.9 Å². The van der Waals surface area contributed by atoms with Gasteiger partial charge in [0.25, 0.3) is 0 Å². The van der Waals surface area contributed by atoms with Crippen molar-refractivity contribution in [2.75, 3.05) is 37.9 Å². The van der Waals surface area contributed by atoms with Crippen LogP contribution in [0.4, 0.5) is 0 Å². The van der Waals surface area contributed by atoms with Crippen LogP contribution in [0.15, 0.2) is 30.3 Å². The van der Waals surface area contributed by atoms with Crippen molar-refractivity contribution in [1.82, 2.24) is 15.3 Å². The third kappa shape index (κ3) is 7.43. The molecule has 3 aliphatic rings. The Morgan fingerprint density at radius 2 is 1.77 bits per heavy atom. The van der Waals surface area contributed by atoms with Gasteiger partial charge in [-0.05, 0) is 38.2 Å². The summed E-state index contributed by atoms with van der Waals surface area (Å²) in [6.45, 7) is 7.00. The fourth-order valence-electron chi connectivity index (χ4n) is 6.39. The van der Waals surface area contributed by atoms with Gasteiger partial charge in [0.1, 0.15) is 5.88 Å². The zero-order valence-electron chi connectivity index (χ0n) is 24.0. The molecule has 0 aromatic heterocycles. The summed E-state index contributed by atoms with van der Waals surface area (Å²) in [5, 5.41) is 1.89. The molecule has 8 nitrogen and oxygen atoms in total. The topological polar surface area (TPSA) is 79.0 Å². The lowest BCUT2D eigenvalue weighted by Gasteiger charge is -2.44. The van der Waals surface area contributed by atoms with E-state index in [1.807, 2.05) is 18.0 Å². The van der Waals surface area contributed by atoms with Gasteiger partial charge in [-0.2, -0.15) is 0 Å². The monoisotopic (exact) mass is 589 g/mol. The number of carbonyl (C=O) groups is 3. The van der Waals surface area contributed by atoms with Gasteiger partial charge in [0, 0.05) is 32.0 Å². The average Bonchev–Trinajstić information content (AvgIpc) is 3.41. The Kier molecular flexibility index (Phi) is 11.4. The largest absolute Gasteiger partial charge is 0.456 e. The number of benzene rings is 1. The van der Waals surface area contributed by atoms with Gasteiger partial charge >= 0.3 is 11.9 Å². The molecule has 2 aliphatic heterocycles. The summed E-state index contributed by atoms with van der Waals surface area (Å²) in [7, 11) is 0. The third-order valence-corrected chi connectivity index (χ3v) is 10.3. The predicted molar refractivity (Wildman–Crippen MR) is 162 cm³/mol. The molecular weight excluding hydrogens is 544 g/mol. The first-order valence-corrected chi connectivity index (χ1v) is 16.5. The van der Waals surface area contributed by atoms with Crippen molar-refractivity contribution in [2.45, 2.75) is 83.8 Å². The number of quaternary nitrogens is 1. The van der Waals surface area contributed by atoms with Gasteiger partial charge in [-0.15, -0.1) is 0 Å². The quantitative estimate of drug-likeness (QED) is 0.158. The zero-order chi connectivity index (χ0) is 28.5. The van der Waals surface area contributed by atoms with Crippen molar-refractivity contribution in [3.8, 4) is 0 Å². The maximum atomic E-state index is 13.9. The van der Waals surface area contributed by atoms with Gasteiger partial charge in [0.15, 0.2) is 11.0 Å². The number of likely N-dealkylation sites (tertiary alicyclic amines) is 1. The molecule has 2 saturated heterocycles. The number of amides is 2. The third-order valence-electron chi connectivity index (χ3n) is 8.62. The molecule has 1 aromatic rings. The first-order valence-electron chi connectivity index (χ1n) is 14.9. The Hall–Kier alpha value is -2.01. The molecule has 1 aromatic carbocycles. The van der Waals surface area contributed by atoms with E-state index >= 15 is 0 Å². The second kappa shape index (κ2) is 14.8. The van der Waals surface area contributed by atoms with Crippen LogP contribution in [0.25, 0.3) is 0 Å². The minimum Gasteiger partial charge on any atom is -0.456 e. The van der Waals surface area contributed by atoms with Crippen molar-refractivity contribution in [2.24, 2.45) is 5.92 Å².